The first-order valence-electron chi connectivity index (χ1n) is 3.61. The van der Waals surface area contributed by atoms with E-state index in [4.69, 9.17) is 11.5 Å². The van der Waals surface area contributed by atoms with Crippen molar-refractivity contribution in [1.29, 1.82) is 0 Å². The van der Waals surface area contributed by atoms with Crippen molar-refractivity contribution < 1.29 is 13.2 Å². The molecule has 0 radical (unpaired) electrons. The fourth-order valence-electron chi connectivity index (χ4n) is 0.976. The van der Waals surface area contributed by atoms with Crippen LogP contribution < -0.4 is 11.5 Å². The zero-order chi connectivity index (χ0) is 10.1. The largest absolute Gasteiger partial charge is 0.418 e. The van der Waals surface area contributed by atoms with Gasteiger partial charge in [-0.1, -0.05) is 6.07 Å². The Hall–Kier alpha value is -0.940. The molecule has 0 aromatic heterocycles. The molecule has 1 aromatic rings. The van der Waals surface area contributed by atoms with Crippen LogP contribution in [0, 0.1) is 0 Å². The predicted molar refractivity (Wildman–Crippen MR) is 51.0 cm³/mol. The lowest BCUT2D eigenvalue weighted by atomic mass is 10.1. The minimum absolute atomic E-state index is 0. The van der Waals surface area contributed by atoms with Crippen molar-refractivity contribution in [2.24, 2.45) is 5.73 Å². The van der Waals surface area contributed by atoms with Gasteiger partial charge in [-0.05, 0) is 17.7 Å². The van der Waals surface area contributed by atoms with Gasteiger partial charge in [-0.2, -0.15) is 13.2 Å². The van der Waals surface area contributed by atoms with Crippen molar-refractivity contribution in [1.82, 2.24) is 0 Å². The van der Waals surface area contributed by atoms with Crippen LogP contribution in [0.1, 0.15) is 11.1 Å². The number of hydrogen-bond acceptors (Lipinski definition) is 2. The van der Waals surface area contributed by atoms with Crippen molar-refractivity contribution in [3.05, 3.63) is 29.3 Å². The number of nitrogen functional groups attached to an aromatic ring is 1. The monoisotopic (exact) mass is 226 g/mol. The van der Waals surface area contributed by atoms with Crippen LogP contribution in [-0.2, 0) is 12.7 Å². The molecule has 0 bridgehead atoms. The number of rotatable bonds is 1. The molecule has 0 aliphatic carbocycles. The van der Waals surface area contributed by atoms with E-state index in [0.29, 0.717) is 5.56 Å². The fraction of sp³-hybridized carbons (Fsp3) is 0.250. The zero-order valence-corrected chi connectivity index (χ0v) is 7.95. The molecule has 1 rings (SSSR count). The summed E-state index contributed by atoms with van der Waals surface area (Å²) in [5.74, 6) is 0. The Bertz CT molecular complexity index is 312. The molecule has 1 aromatic carbocycles. The second kappa shape index (κ2) is 4.52. The van der Waals surface area contributed by atoms with Gasteiger partial charge in [-0.3, -0.25) is 0 Å². The average molecular weight is 227 g/mol. The minimum Gasteiger partial charge on any atom is -0.398 e. The van der Waals surface area contributed by atoms with Crippen LogP contribution in [0.3, 0.4) is 0 Å². The number of hydrogen-bond donors (Lipinski definition) is 2. The molecule has 80 valence electrons. The molecule has 6 heteroatoms. The van der Waals surface area contributed by atoms with Crippen molar-refractivity contribution in [2.45, 2.75) is 12.7 Å². The number of nitrogens with two attached hydrogens (primary N) is 2. The second-order valence-corrected chi connectivity index (χ2v) is 2.62. The molecule has 4 N–H and O–H groups in total. The summed E-state index contributed by atoms with van der Waals surface area (Å²) in [6.45, 7) is 0.0728. The van der Waals surface area contributed by atoms with Gasteiger partial charge in [0.05, 0.1) is 5.56 Å². The Morgan fingerprint density at radius 1 is 1.21 bits per heavy atom. The van der Waals surface area contributed by atoms with E-state index in [-0.39, 0.29) is 24.6 Å². The van der Waals surface area contributed by atoms with E-state index in [1.54, 1.807) is 0 Å². The van der Waals surface area contributed by atoms with E-state index in [1.165, 1.54) is 12.1 Å². The standard InChI is InChI=1S/C8H9F3N2.ClH/c9-8(10,11)6-3-5(4-12)1-2-7(6)13;/h1-3H,4,12-13H2;1H. The van der Waals surface area contributed by atoms with E-state index in [0.717, 1.165) is 6.07 Å². The summed E-state index contributed by atoms with van der Waals surface area (Å²) >= 11 is 0. The molecule has 0 heterocycles. The Kier molecular flexibility index (Phi) is 4.22. The lowest BCUT2D eigenvalue weighted by Gasteiger charge is -2.10. The van der Waals surface area contributed by atoms with Crippen LogP contribution in [0.5, 0.6) is 0 Å². The number of alkyl halides is 3. The van der Waals surface area contributed by atoms with Gasteiger partial charge in [0, 0.05) is 12.2 Å². The highest BCUT2D eigenvalue weighted by Gasteiger charge is 2.32. The fourth-order valence-corrected chi connectivity index (χ4v) is 0.976. The third-order valence-corrected chi connectivity index (χ3v) is 1.66. The lowest BCUT2D eigenvalue weighted by molar-refractivity contribution is -0.136. The maximum Gasteiger partial charge on any atom is 0.418 e. The summed E-state index contributed by atoms with van der Waals surface area (Å²) in [6.07, 6.45) is -4.41. The first-order valence-corrected chi connectivity index (χ1v) is 3.61. The summed E-state index contributed by atoms with van der Waals surface area (Å²) in [5.41, 5.74) is 9.69. The first-order chi connectivity index (χ1) is 5.95. The molecule has 0 aliphatic rings. The zero-order valence-electron chi connectivity index (χ0n) is 7.14. The normalized spacial score (nSPS) is 10.9. The maximum absolute atomic E-state index is 12.2. The third-order valence-electron chi connectivity index (χ3n) is 1.66. The highest BCUT2D eigenvalue weighted by molar-refractivity contribution is 5.85. The Balaban J connectivity index is 0.00000169. The van der Waals surface area contributed by atoms with Crippen LogP contribution in [0.15, 0.2) is 18.2 Å². The SMILES string of the molecule is Cl.NCc1ccc(N)c(C(F)(F)F)c1. The van der Waals surface area contributed by atoms with Crippen LogP contribution in [0.4, 0.5) is 18.9 Å². The van der Waals surface area contributed by atoms with E-state index in [1.807, 2.05) is 0 Å². The van der Waals surface area contributed by atoms with E-state index < -0.39 is 11.7 Å². The van der Waals surface area contributed by atoms with Crippen molar-refractivity contribution >= 4 is 18.1 Å². The summed E-state index contributed by atoms with van der Waals surface area (Å²) in [5, 5.41) is 0. The molecular formula is C8H10ClF3N2. The van der Waals surface area contributed by atoms with Crippen LogP contribution in [0.2, 0.25) is 0 Å². The molecule has 0 aliphatic heterocycles. The van der Waals surface area contributed by atoms with Gasteiger partial charge < -0.3 is 11.5 Å². The number of anilines is 1. The molecule has 0 fully saturated rings. The van der Waals surface area contributed by atoms with Crippen molar-refractivity contribution in [3.63, 3.8) is 0 Å². The van der Waals surface area contributed by atoms with Gasteiger partial charge in [0.1, 0.15) is 0 Å². The van der Waals surface area contributed by atoms with Crippen LogP contribution in [-0.4, -0.2) is 0 Å². The molecule has 0 spiro atoms. The Morgan fingerprint density at radius 2 is 1.79 bits per heavy atom. The Morgan fingerprint density at radius 3 is 2.21 bits per heavy atom. The summed E-state index contributed by atoms with van der Waals surface area (Å²) in [4.78, 5) is 0. The maximum atomic E-state index is 12.2. The van der Waals surface area contributed by atoms with Gasteiger partial charge in [0.2, 0.25) is 0 Å². The van der Waals surface area contributed by atoms with E-state index in [2.05, 4.69) is 0 Å². The van der Waals surface area contributed by atoms with E-state index in [9.17, 15) is 13.2 Å². The summed E-state index contributed by atoms with van der Waals surface area (Å²) in [7, 11) is 0. The molecule has 0 unspecified atom stereocenters. The van der Waals surface area contributed by atoms with Gasteiger partial charge in [0.25, 0.3) is 0 Å². The second-order valence-electron chi connectivity index (χ2n) is 2.62. The highest BCUT2D eigenvalue weighted by atomic mass is 35.5. The Labute approximate surface area is 85.5 Å². The molecule has 0 atom stereocenters. The topological polar surface area (TPSA) is 52.0 Å². The highest BCUT2D eigenvalue weighted by Crippen LogP contribution is 2.33. The molecule has 0 saturated carbocycles. The molecule has 0 saturated heterocycles. The average Bonchev–Trinajstić information content (AvgIpc) is 2.03. The molecule has 14 heavy (non-hydrogen) atoms. The van der Waals surface area contributed by atoms with Gasteiger partial charge in [0.15, 0.2) is 0 Å². The minimum atomic E-state index is -4.41. The molecule has 2 nitrogen and oxygen atoms in total. The molecular weight excluding hydrogens is 217 g/mol. The first kappa shape index (κ1) is 13.1. The lowest BCUT2D eigenvalue weighted by Crippen LogP contribution is -2.10. The summed E-state index contributed by atoms with van der Waals surface area (Å²) in [6, 6.07) is 3.66. The van der Waals surface area contributed by atoms with Gasteiger partial charge in [-0.25, -0.2) is 0 Å². The predicted octanol–water partition coefficient (Wildman–Crippen LogP) is 2.17. The molecule has 0 amide bonds. The van der Waals surface area contributed by atoms with E-state index >= 15 is 0 Å². The third kappa shape index (κ3) is 2.78. The number of benzene rings is 1. The van der Waals surface area contributed by atoms with Crippen molar-refractivity contribution in [2.75, 3.05) is 5.73 Å². The number of halogens is 4. The summed E-state index contributed by atoms with van der Waals surface area (Å²) < 4.78 is 36.7. The van der Waals surface area contributed by atoms with Crippen LogP contribution >= 0.6 is 12.4 Å². The smallest absolute Gasteiger partial charge is 0.398 e. The van der Waals surface area contributed by atoms with Crippen LogP contribution in [0.25, 0.3) is 0 Å². The van der Waals surface area contributed by atoms with Crippen molar-refractivity contribution in [3.8, 4) is 0 Å². The van der Waals surface area contributed by atoms with Gasteiger partial charge in [-0.15, -0.1) is 12.4 Å². The quantitative estimate of drug-likeness (QED) is 0.721. The van der Waals surface area contributed by atoms with Gasteiger partial charge >= 0.3 is 6.18 Å².